The van der Waals surface area contributed by atoms with E-state index in [1.165, 1.54) is 0 Å². The SMILES string of the molecule is Cc1noc(CN(C)Cc2ccc(C(=O)O)cc2Br)n1. The van der Waals surface area contributed by atoms with Crippen molar-refractivity contribution >= 4 is 21.9 Å². The van der Waals surface area contributed by atoms with Gasteiger partial charge in [0.1, 0.15) is 0 Å². The summed E-state index contributed by atoms with van der Waals surface area (Å²) in [5.74, 6) is 0.232. The van der Waals surface area contributed by atoms with E-state index in [4.69, 9.17) is 9.63 Å². The lowest BCUT2D eigenvalue weighted by Gasteiger charge is -2.15. The maximum absolute atomic E-state index is 10.9. The van der Waals surface area contributed by atoms with E-state index in [1.54, 1.807) is 25.1 Å². The van der Waals surface area contributed by atoms with Crippen LogP contribution in [0.2, 0.25) is 0 Å². The van der Waals surface area contributed by atoms with Crippen molar-refractivity contribution in [3.63, 3.8) is 0 Å². The predicted molar refractivity (Wildman–Crippen MR) is 75.3 cm³/mol. The van der Waals surface area contributed by atoms with E-state index in [9.17, 15) is 4.79 Å². The van der Waals surface area contributed by atoms with Gasteiger partial charge in [-0.2, -0.15) is 4.98 Å². The van der Waals surface area contributed by atoms with E-state index in [1.807, 2.05) is 11.9 Å². The molecule has 7 heteroatoms. The van der Waals surface area contributed by atoms with Crippen LogP contribution in [0.3, 0.4) is 0 Å². The smallest absolute Gasteiger partial charge is 0.335 e. The van der Waals surface area contributed by atoms with Gasteiger partial charge in [0.15, 0.2) is 5.82 Å². The lowest BCUT2D eigenvalue weighted by molar-refractivity contribution is 0.0697. The molecule has 0 radical (unpaired) electrons. The first-order valence-corrected chi connectivity index (χ1v) is 6.74. The molecule has 0 bridgehead atoms. The third-order valence-electron chi connectivity index (χ3n) is 2.72. The number of carbonyl (C=O) groups is 1. The third-order valence-corrected chi connectivity index (χ3v) is 3.45. The second-order valence-electron chi connectivity index (χ2n) is 4.52. The van der Waals surface area contributed by atoms with E-state index >= 15 is 0 Å². The Morgan fingerprint density at radius 3 is 2.75 bits per heavy atom. The summed E-state index contributed by atoms with van der Waals surface area (Å²) in [6, 6.07) is 4.98. The fraction of sp³-hybridized carbons (Fsp3) is 0.308. The van der Waals surface area contributed by atoms with Gasteiger partial charge in [0.25, 0.3) is 0 Å². The molecule has 0 amide bonds. The number of rotatable bonds is 5. The number of hydrogen-bond donors (Lipinski definition) is 1. The first kappa shape index (κ1) is 14.7. The summed E-state index contributed by atoms with van der Waals surface area (Å²) in [5.41, 5.74) is 1.25. The van der Waals surface area contributed by atoms with Crippen molar-refractivity contribution in [1.82, 2.24) is 15.0 Å². The Morgan fingerprint density at radius 1 is 1.45 bits per heavy atom. The molecule has 0 atom stereocenters. The molecule has 0 aliphatic heterocycles. The molecule has 2 rings (SSSR count). The topological polar surface area (TPSA) is 79.5 Å². The van der Waals surface area contributed by atoms with E-state index in [0.717, 1.165) is 10.0 Å². The highest BCUT2D eigenvalue weighted by molar-refractivity contribution is 9.10. The molecule has 1 aromatic heterocycles. The first-order valence-electron chi connectivity index (χ1n) is 5.95. The van der Waals surface area contributed by atoms with Gasteiger partial charge in [-0.1, -0.05) is 27.2 Å². The van der Waals surface area contributed by atoms with E-state index < -0.39 is 5.97 Å². The van der Waals surface area contributed by atoms with Gasteiger partial charge in [-0.25, -0.2) is 4.79 Å². The van der Waals surface area contributed by atoms with E-state index in [2.05, 4.69) is 26.1 Å². The highest BCUT2D eigenvalue weighted by Gasteiger charge is 2.11. The van der Waals surface area contributed by atoms with Gasteiger partial charge < -0.3 is 9.63 Å². The number of aryl methyl sites for hydroxylation is 1. The van der Waals surface area contributed by atoms with Crippen molar-refractivity contribution in [2.75, 3.05) is 7.05 Å². The third kappa shape index (κ3) is 3.64. The monoisotopic (exact) mass is 339 g/mol. The molecule has 0 spiro atoms. The number of aromatic carboxylic acids is 1. The summed E-state index contributed by atoms with van der Waals surface area (Å²) < 4.78 is 5.83. The van der Waals surface area contributed by atoms with Gasteiger partial charge >= 0.3 is 5.97 Å². The van der Waals surface area contributed by atoms with Crippen LogP contribution in [-0.4, -0.2) is 33.2 Å². The zero-order valence-corrected chi connectivity index (χ0v) is 12.7. The highest BCUT2D eigenvalue weighted by Crippen LogP contribution is 2.20. The van der Waals surface area contributed by atoms with Crippen molar-refractivity contribution < 1.29 is 14.4 Å². The largest absolute Gasteiger partial charge is 0.478 e. The molecule has 1 heterocycles. The lowest BCUT2D eigenvalue weighted by atomic mass is 10.1. The fourth-order valence-corrected chi connectivity index (χ4v) is 2.29. The molecule has 0 aliphatic rings. The van der Waals surface area contributed by atoms with Crippen LogP contribution in [0.15, 0.2) is 27.2 Å². The molecule has 1 N–H and O–H groups in total. The van der Waals surface area contributed by atoms with Crippen molar-refractivity contribution in [1.29, 1.82) is 0 Å². The average Bonchev–Trinajstić information content (AvgIpc) is 2.77. The normalized spacial score (nSPS) is 11.0. The summed E-state index contributed by atoms with van der Waals surface area (Å²) >= 11 is 3.39. The van der Waals surface area contributed by atoms with Gasteiger partial charge in [0.05, 0.1) is 12.1 Å². The second kappa shape index (κ2) is 6.15. The number of carboxylic acids is 1. The molecular weight excluding hydrogens is 326 g/mol. The van der Waals surface area contributed by atoms with Crippen molar-refractivity contribution in [3.05, 3.63) is 45.5 Å². The fourth-order valence-electron chi connectivity index (χ4n) is 1.79. The Hall–Kier alpha value is -1.73. The zero-order chi connectivity index (χ0) is 14.7. The molecule has 106 valence electrons. The molecule has 0 saturated heterocycles. The van der Waals surface area contributed by atoms with E-state index in [0.29, 0.717) is 24.8 Å². The van der Waals surface area contributed by atoms with E-state index in [-0.39, 0.29) is 5.56 Å². The standard InChI is InChI=1S/C13H14BrN3O3/c1-8-15-12(20-16-8)7-17(2)6-10-4-3-9(13(18)19)5-11(10)14/h3-5H,6-7H2,1-2H3,(H,18,19). The van der Waals surface area contributed by atoms with Crippen LogP contribution in [0.1, 0.15) is 27.6 Å². The molecular formula is C13H14BrN3O3. The van der Waals surface area contributed by atoms with Crippen LogP contribution in [0.5, 0.6) is 0 Å². The van der Waals surface area contributed by atoms with Crippen LogP contribution < -0.4 is 0 Å². The summed E-state index contributed by atoms with van der Waals surface area (Å²) in [4.78, 5) is 17.0. The maximum atomic E-state index is 10.9. The molecule has 1 aromatic carbocycles. The first-order chi connectivity index (χ1) is 9.45. The highest BCUT2D eigenvalue weighted by atomic mass is 79.9. The van der Waals surface area contributed by atoms with Crippen molar-refractivity contribution in [3.8, 4) is 0 Å². The van der Waals surface area contributed by atoms with Crippen molar-refractivity contribution in [2.45, 2.75) is 20.0 Å². The second-order valence-corrected chi connectivity index (χ2v) is 5.37. The van der Waals surface area contributed by atoms with Crippen LogP contribution in [0.25, 0.3) is 0 Å². The molecule has 6 nitrogen and oxygen atoms in total. The molecule has 0 fully saturated rings. The summed E-state index contributed by atoms with van der Waals surface area (Å²) in [5, 5.41) is 12.7. The Kier molecular flexibility index (Phi) is 4.51. The molecule has 0 saturated carbocycles. The summed E-state index contributed by atoms with van der Waals surface area (Å²) in [7, 11) is 1.93. The predicted octanol–water partition coefficient (Wildman–Crippen LogP) is 2.47. The molecule has 2 aromatic rings. The number of halogens is 1. The van der Waals surface area contributed by atoms with Crippen LogP contribution in [-0.2, 0) is 13.1 Å². The number of aromatic nitrogens is 2. The van der Waals surface area contributed by atoms with Gasteiger partial charge in [0, 0.05) is 11.0 Å². The minimum atomic E-state index is -0.938. The van der Waals surface area contributed by atoms with Gasteiger partial charge in [-0.15, -0.1) is 0 Å². The van der Waals surface area contributed by atoms with Crippen LogP contribution in [0.4, 0.5) is 0 Å². The Bertz CT molecular complexity index is 627. The number of nitrogens with zero attached hydrogens (tertiary/aromatic N) is 3. The summed E-state index contributed by atoms with van der Waals surface area (Å²) in [6.45, 7) is 2.95. The zero-order valence-electron chi connectivity index (χ0n) is 11.1. The van der Waals surface area contributed by atoms with Gasteiger partial charge in [0.2, 0.25) is 5.89 Å². The van der Waals surface area contributed by atoms with Gasteiger partial charge in [-0.05, 0) is 31.7 Å². The maximum Gasteiger partial charge on any atom is 0.335 e. The molecule has 20 heavy (non-hydrogen) atoms. The minimum absolute atomic E-state index is 0.260. The van der Waals surface area contributed by atoms with Crippen LogP contribution >= 0.6 is 15.9 Å². The average molecular weight is 340 g/mol. The van der Waals surface area contributed by atoms with Crippen LogP contribution in [0, 0.1) is 6.92 Å². The lowest BCUT2D eigenvalue weighted by Crippen LogP contribution is -2.18. The van der Waals surface area contributed by atoms with Crippen molar-refractivity contribution in [2.24, 2.45) is 0 Å². The number of benzene rings is 1. The molecule has 0 unspecified atom stereocenters. The Morgan fingerprint density at radius 2 is 2.20 bits per heavy atom. The quantitative estimate of drug-likeness (QED) is 0.901. The Labute approximate surface area is 124 Å². The Balaban J connectivity index is 2.04. The number of hydrogen-bond acceptors (Lipinski definition) is 5. The van der Waals surface area contributed by atoms with Gasteiger partial charge in [-0.3, -0.25) is 4.90 Å². The molecule has 0 aliphatic carbocycles. The minimum Gasteiger partial charge on any atom is -0.478 e. The number of carboxylic acid groups (broad SMARTS) is 1. The summed E-state index contributed by atoms with van der Waals surface area (Å²) in [6.07, 6.45) is 0.